The van der Waals surface area contributed by atoms with Gasteiger partial charge in [0.05, 0.1) is 0 Å². The Morgan fingerprint density at radius 1 is 1.39 bits per heavy atom. The van der Waals surface area contributed by atoms with Crippen LogP contribution in [-0.2, 0) is 6.54 Å². The molecule has 0 bridgehead atoms. The highest BCUT2D eigenvalue weighted by Crippen LogP contribution is 2.18. The minimum Gasteiger partial charge on any atom is -0.319 e. The molecule has 1 unspecified atom stereocenters. The summed E-state index contributed by atoms with van der Waals surface area (Å²) in [6.07, 6.45) is 1.22. The number of aryl methyl sites for hydroxylation is 1. The fourth-order valence-electron chi connectivity index (χ4n) is 2.23. The molecule has 0 saturated carbocycles. The van der Waals surface area contributed by atoms with E-state index in [1.54, 1.807) is 0 Å². The monoisotopic (exact) mass is 312 g/mol. The predicted molar refractivity (Wildman–Crippen MR) is 82.9 cm³/mol. The lowest BCUT2D eigenvalue weighted by Crippen LogP contribution is -2.31. The van der Waals surface area contributed by atoms with Crippen LogP contribution in [0.15, 0.2) is 22.7 Å². The van der Waals surface area contributed by atoms with Gasteiger partial charge in [-0.25, -0.2) is 0 Å². The number of nitrogens with zero attached hydrogens (tertiary/aromatic N) is 1. The molecule has 18 heavy (non-hydrogen) atoms. The fourth-order valence-corrected chi connectivity index (χ4v) is 2.64. The second kappa shape index (κ2) is 7.93. The summed E-state index contributed by atoms with van der Waals surface area (Å²) in [7, 11) is 4.24. The maximum absolute atomic E-state index is 3.55. The van der Waals surface area contributed by atoms with Gasteiger partial charge in [0.15, 0.2) is 0 Å². The predicted octanol–water partition coefficient (Wildman–Crippen LogP) is 3.43. The first-order valence-electron chi connectivity index (χ1n) is 6.65. The maximum Gasteiger partial charge on any atom is 0.0233 e. The second-order valence-electron chi connectivity index (χ2n) is 5.10. The van der Waals surface area contributed by atoms with Crippen molar-refractivity contribution in [2.24, 2.45) is 5.92 Å². The van der Waals surface area contributed by atoms with Gasteiger partial charge in [-0.15, -0.1) is 0 Å². The average molecular weight is 313 g/mol. The van der Waals surface area contributed by atoms with Crippen LogP contribution in [0, 0.1) is 12.8 Å². The molecule has 0 amide bonds. The van der Waals surface area contributed by atoms with E-state index in [1.165, 1.54) is 22.0 Å². The minimum absolute atomic E-state index is 0.729. The van der Waals surface area contributed by atoms with E-state index in [2.05, 4.69) is 65.2 Å². The van der Waals surface area contributed by atoms with Crippen LogP contribution in [0.4, 0.5) is 0 Å². The van der Waals surface area contributed by atoms with Gasteiger partial charge in [0.25, 0.3) is 0 Å². The van der Waals surface area contributed by atoms with Crippen LogP contribution in [0.5, 0.6) is 0 Å². The van der Waals surface area contributed by atoms with Gasteiger partial charge in [0.1, 0.15) is 0 Å². The zero-order valence-corrected chi connectivity index (χ0v) is 13.5. The normalized spacial score (nSPS) is 13.0. The highest BCUT2D eigenvalue weighted by Gasteiger charge is 2.10. The molecule has 2 nitrogen and oxygen atoms in total. The number of nitrogens with one attached hydrogen (secondary N) is 1. The summed E-state index contributed by atoms with van der Waals surface area (Å²) >= 11 is 3.55. The van der Waals surface area contributed by atoms with Crippen LogP contribution in [0.1, 0.15) is 24.5 Å². The molecular formula is C15H25BrN2. The molecule has 1 atom stereocenters. The molecule has 1 rings (SSSR count). The Morgan fingerprint density at radius 3 is 2.72 bits per heavy atom. The van der Waals surface area contributed by atoms with Gasteiger partial charge in [-0.05, 0) is 56.7 Å². The van der Waals surface area contributed by atoms with E-state index in [1.807, 2.05) is 7.05 Å². The van der Waals surface area contributed by atoms with Crippen molar-refractivity contribution in [1.29, 1.82) is 0 Å². The first-order chi connectivity index (χ1) is 8.56. The number of hydrogen-bond donors (Lipinski definition) is 1. The smallest absolute Gasteiger partial charge is 0.0233 e. The first kappa shape index (κ1) is 15.7. The summed E-state index contributed by atoms with van der Waals surface area (Å²) in [6.45, 7) is 7.70. The lowest BCUT2D eigenvalue weighted by molar-refractivity contribution is 0.261. The van der Waals surface area contributed by atoms with Gasteiger partial charge < -0.3 is 10.2 Å². The van der Waals surface area contributed by atoms with Crippen LogP contribution >= 0.6 is 15.9 Å². The molecule has 0 spiro atoms. The molecule has 0 aromatic heterocycles. The molecule has 0 saturated heterocycles. The Hall–Kier alpha value is -0.380. The Labute approximate surface area is 120 Å². The molecule has 0 aliphatic rings. The number of benzene rings is 1. The first-order valence-corrected chi connectivity index (χ1v) is 7.44. The summed E-state index contributed by atoms with van der Waals surface area (Å²) in [6, 6.07) is 6.51. The summed E-state index contributed by atoms with van der Waals surface area (Å²) in [5, 5.41) is 3.27. The maximum atomic E-state index is 3.55. The Morgan fingerprint density at radius 2 is 2.11 bits per heavy atom. The van der Waals surface area contributed by atoms with E-state index in [0.29, 0.717) is 0 Å². The zero-order chi connectivity index (χ0) is 13.5. The topological polar surface area (TPSA) is 15.3 Å². The quantitative estimate of drug-likeness (QED) is 0.829. The van der Waals surface area contributed by atoms with Crippen LogP contribution in [0.3, 0.4) is 0 Å². The molecule has 0 radical (unpaired) electrons. The van der Waals surface area contributed by atoms with E-state index in [4.69, 9.17) is 0 Å². The van der Waals surface area contributed by atoms with Crippen molar-refractivity contribution >= 4 is 15.9 Å². The van der Waals surface area contributed by atoms with Crippen LogP contribution in [0.2, 0.25) is 0 Å². The van der Waals surface area contributed by atoms with Gasteiger partial charge in [-0.1, -0.05) is 35.3 Å². The van der Waals surface area contributed by atoms with Crippen molar-refractivity contribution < 1.29 is 0 Å². The highest BCUT2D eigenvalue weighted by atomic mass is 79.9. The van der Waals surface area contributed by atoms with E-state index < -0.39 is 0 Å². The van der Waals surface area contributed by atoms with Crippen molar-refractivity contribution in [2.45, 2.75) is 26.8 Å². The van der Waals surface area contributed by atoms with Crippen molar-refractivity contribution in [3.63, 3.8) is 0 Å². The van der Waals surface area contributed by atoms with Gasteiger partial charge in [-0.3, -0.25) is 0 Å². The second-order valence-corrected chi connectivity index (χ2v) is 6.02. The molecule has 0 aliphatic carbocycles. The average Bonchev–Trinajstić information content (AvgIpc) is 2.33. The lowest BCUT2D eigenvalue weighted by Gasteiger charge is -2.23. The van der Waals surface area contributed by atoms with Crippen molar-refractivity contribution in [2.75, 3.05) is 27.2 Å². The summed E-state index contributed by atoms with van der Waals surface area (Å²) in [4.78, 5) is 2.42. The highest BCUT2D eigenvalue weighted by molar-refractivity contribution is 9.10. The minimum atomic E-state index is 0.729. The summed E-state index contributed by atoms with van der Waals surface area (Å²) in [5.41, 5.74) is 2.78. The fraction of sp³-hybridized carbons (Fsp3) is 0.600. The third kappa shape index (κ3) is 5.09. The molecule has 102 valence electrons. The molecule has 0 fully saturated rings. The molecule has 1 N–H and O–H groups in total. The van der Waals surface area contributed by atoms with Gasteiger partial charge in [0, 0.05) is 17.6 Å². The number of halogens is 1. The van der Waals surface area contributed by atoms with Crippen LogP contribution in [0.25, 0.3) is 0 Å². The lowest BCUT2D eigenvalue weighted by atomic mass is 10.0. The molecule has 1 aromatic carbocycles. The van der Waals surface area contributed by atoms with E-state index >= 15 is 0 Å². The van der Waals surface area contributed by atoms with Crippen LogP contribution in [-0.4, -0.2) is 32.1 Å². The largest absolute Gasteiger partial charge is 0.319 e. The van der Waals surface area contributed by atoms with E-state index in [-0.39, 0.29) is 0 Å². The molecule has 0 heterocycles. The molecule has 0 aliphatic heterocycles. The SMILES string of the molecule is CCC(CNC)CN(C)Cc1cc(Br)ccc1C. The standard InChI is InChI=1S/C15H25BrN2/c1-5-13(9-17-3)10-18(4)11-14-8-15(16)7-6-12(14)2/h6-8,13,17H,5,9-11H2,1-4H3. The zero-order valence-electron chi connectivity index (χ0n) is 12.0. The van der Waals surface area contributed by atoms with Gasteiger partial charge in [-0.2, -0.15) is 0 Å². The van der Waals surface area contributed by atoms with E-state index in [9.17, 15) is 0 Å². The Kier molecular flexibility index (Phi) is 6.90. The third-order valence-electron chi connectivity index (χ3n) is 3.39. The summed E-state index contributed by atoms with van der Waals surface area (Å²) in [5.74, 6) is 0.729. The van der Waals surface area contributed by atoms with Crippen LogP contribution < -0.4 is 5.32 Å². The van der Waals surface area contributed by atoms with Crippen molar-refractivity contribution in [3.05, 3.63) is 33.8 Å². The van der Waals surface area contributed by atoms with Crippen molar-refractivity contribution in [3.8, 4) is 0 Å². The molecule has 1 aromatic rings. The number of hydrogen-bond acceptors (Lipinski definition) is 2. The van der Waals surface area contributed by atoms with E-state index in [0.717, 1.165) is 25.6 Å². The van der Waals surface area contributed by atoms with Crippen molar-refractivity contribution in [1.82, 2.24) is 10.2 Å². The number of rotatable bonds is 7. The molecular weight excluding hydrogens is 288 g/mol. The third-order valence-corrected chi connectivity index (χ3v) is 3.88. The Balaban J connectivity index is 2.58. The molecule has 3 heteroatoms. The van der Waals surface area contributed by atoms with Gasteiger partial charge >= 0.3 is 0 Å². The summed E-state index contributed by atoms with van der Waals surface area (Å²) < 4.78 is 1.17. The Bertz CT molecular complexity index is 366. The van der Waals surface area contributed by atoms with Gasteiger partial charge in [0.2, 0.25) is 0 Å².